The molecule has 0 fully saturated rings. The lowest BCUT2D eigenvalue weighted by molar-refractivity contribution is 0.236. The van der Waals surface area contributed by atoms with Crippen molar-refractivity contribution in [1.82, 2.24) is 9.78 Å². The Balaban J connectivity index is 1.82. The van der Waals surface area contributed by atoms with Gasteiger partial charge in [-0.25, -0.2) is 4.68 Å². The maximum atomic E-state index is 12.3. The molecule has 0 saturated heterocycles. The van der Waals surface area contributed by atoms with Crippen molar-refractivity contribution in [2.75, 3.05) is 11.9 Å². The number of aromatic nitrogens is 2. The van der Waals surface area contributed by atoms with Gasteiger partial charge in [0.05, 0.1) is 18.8 Å². The van der Waals surface area contributed by atoms with E-state index in [1.807, 2.05) is 43.3 Å². The molecule has 3 aromatic rings. The SMILES string of the molecule is C=C(Nc1cccc(Cn2nc(-c3ccc(CC)cc3)ccc2=O)c1)OCC. The molecule has 5 nitrogen and oxygen atoms in total. The number of anilines is 1. The molecule has 0 spiro atoms. The maximum Gasteiger partial charge on any atom is 0.267 e. The van der Waals surface area contributed by atoms with Gasteiger partial charge in [0.15, 0.2) is 5.88 Å². The van der Waals surface area contributed by atoms with Crippen LogP contribution >= 0.6 is 0 Å². The van der Waals surface area contributed by atoms with Gasteiger partial charge in [0.25, 0.3) is 5.56 Å². The van der Waals surface area contributed by atoms with Crippen LogP contribution in [0.25, 0.3) is 11.3 Å². The van der Waals surface area contributed by atoms with Crippen LogP contribution in [0.3, 0.4) is 0 Å². The number of ether oxygens (including phenoxy) is 1. The molecule has 2 aromatic carbocycles. The zero-order chi connectivity index (χ0) is 19.9. The molecule has 0 radical (unpaired) electrons. The van der Waals surface area contributed by atoms with Gasteiger partial charge in [-0.3, -0.25) is 4.79 Å². The minimum absolute atomic E-state index is 0.133. The summed E-state index contributed by atoms with van der Waals surface area (Å²) in [6.07, 6.45) is 0.993. The average molecular weight is 375 g/mol. The van der Waals surface area contributed by atoms with Crippen LogP contribution in [0.2, 0.25) is 0 Å². The summed E-state index contributed by atoms with van der Waals surface area (Å²) >= 11 is 0. The third kappa shape index (κ3) is 4.88. The first-order valence-corrected chi connectivity index (χ1v) is 9.44. The van der Waals surface area contributed by atoms with Gasteiger partial charge in [0.1, 0.15) is 0 Å². The number of nitrogens with zero attached hydrogens (tertiary/aromatic N) is 2. The van der Waals surface area contributed by atoms with Gasteiger partial charge >= 0.3 is 0 Å². The number of rotatable bonds is 8. The molecule has 1 heterocycles. The predicted molar refractivity (Wildman–Crippen MR) is 113 cm³/mol. The van der Waals surface area contributed by atoms with Crippen molar-refractivity contribution in [1.29, 1.82) is 0 Å². The molecule has 3 rings (SSSR count). The summed E-state index contributed by atoms with van der Waals surface area (Å²) in [7, 11) is 0. The Hall–Kier alpha value is -3.34. The lowest BCUT2D eigenvalue weighted by Gasteiger charge is -2.12. The number of nitrogens with one attached hydrogen (secondary N) is 1. The van der Waals surface area contributed by atoms with E-state index in [-0.39, 0.29) is 5.56 Å². The highest BCUT2D eigenvalue weighted by molar-refractivity contribution is 5.58. The van der Waals surface area contributed by atoms with Crippen LogP contribution in [0.15, 0.2) is 77.9 Å². The zero-order valence-electron chi connectivity index (χ0n) is 16.3. The highest BCUT2D eigenvalue weighted by atomic mass is 16.5. The van der Waals surface area contributed by atoms with E-state index in [4.69, 9.17) is 4.74 Å². The third-order valence-electron chi connectivity index (χ3n) is 4.39. The first-order chi connectivity index (χ1) is 13.6. The molecule has 0 aliphatic carbocycles. The molecule has 0 bridgehead atoms. The van der Waals surface area contributed by atoms with E-state index >= 15 is 0 Å². The van der Waals surface area contributed by atoms with Crippen molar-refractivity contribution in [3.8, 4) is 11.3 Å². The van der Waals surface area contributed by atoms with Crippen LogP contribution in [0.4, 0.5) is 5.69 Å². The molecule has 0 amide bonds. The second kappa shape index (κ2) is 9.04. The molecule has 1 N–H and O–H groups in total. The Kier molecular flexibility index (Phi) is 6.27. The summed E-state index contributed by atoms with van der Waals surface area (Å²) in [6, 6.07) is 19.4. The third-order valence-corrected chi connectivity index (χ3v) is 4.39. The van der Waals surface area contributed by atoms with Crippen LogP contribution in [-0.4, -0.2) is 16.4 Å². The molecule has 0 unspecified atom stereocenters. The number of hydrogen-bond donors (Lipinski definition) is 1. The molecule has 0 saturated carbocycles. The van der Waals surface area contributed by atoms with Crippen molar-refractivity contribution in [3.05, 3.63) is 94.6 Å². The molecule has 5 heteroatoms. The van der Waals surface area contributed by atoms with Crippen LogP contribution in [0, 0.1) is 0 Å². The summed E-state index contributed by atoms with van der Waals surface area (Å²) in [5.74, 6) is 0.493. The fraction of sp³-hybridized carbons (Fsp3) is 0.217. The Morgan fingerprint density at radius 3 is 2.57 bits per heavy atom. The second-order valence-electron chi connectivity index (χ2n) is 6.45. The van der Waals surface area contributed by atoms with Crippen LogP contribution in [0.5, 0.6) is 0 Å². The van der Waals surface area contributed by atoms with E-state index in [0.717, 1.165) is 28.9 Å². The Morgan fingerprint density at radius 1 is 1.07 bits per heavy atom. The van der Waals surface area contributed by atoms with E-state index in [1.54, 1.807) is 12.1 Å². The largest absolute Gasteiger partial charge is 0.480 e. The number of aryl methyl sites for hydroxylation is 1. The van der Waals surface area contributed by atoms with Gasteiger partial charge < -0.3 is 10.1 Å². The molecular formula is C23H25N3O2. The van der Waals surface area contributed by atoms with Crippen molar-refractivity contribution in [2.45, 2.75) is 26.8 Å². The van der Waals surface area contributed by atoms with E-state index in [1.165, 1.54) is 10.2 Å². The molecule has 0 aliphatic rings. The zero-order valence-corrected chi connectivity index (χ0v) is 16.3. The van der Waals surface area contributed by atoms with Crippen LogP contribution < -0.4 is 10.9 Å². The van der Waals surface area contributed by atoms with E-state index in [2.05, 4.69) is 36.1 Å². The summed E-state index contributed by atoms with van der Waals surface area (Å²) in [5.41, 5.74) is 4.73. The number of benzene rings is 2. The predicted octanol–water partition coefficient (Wildman–Crippen LogP) is 4.44. The molecule has 28 heavy (non-hydrogen) atoms. The van der Waals surface area contributed by atoms with Gasteiger partial charge in [-0.05, 0) is 49.2 Å². The van der Waals surface area contributed by atoms with Crippen molar-refractivity contribution in [2.24, 2.45) is 0 Å². The van der Waals surface area contributed by atoms with Gasteiger partial charge in [0, 0.05) is 17.3 Å². The molecule has 1 aromatic heterocycles. The summed E-state index contributed by atoms with van der Waals surface area (Å²) in [6.45, 7) is 8.79. The molecule has 144 valence electrons. The van der Waals surface area contributed by atoms with Crippen LogP contribution in [-0.2, 0) is 17.7 Å². The molecule has 0 atom stereocenters. The summed E-state index contributed by atoms with van der Waals surface area (Å²) in [5, 5.41) is 7.66. The fourth-order valence-corrected chi connectivity index (χ4v) is 2.92. The van der Waals surface area contributed by atoms with Gasteiger partial charge in [-0.2, -0.15) is 5.10 Å². The summed E-state index contributed by atoms with van der Waals surface area (Å²) < 4.78 is 6.82. The van der Waals surface area contributed by atoms with Crippen molar-refractivity contribution >= 4 is 5.69 Å². The van der Waals surface area contributed by atoms with Crippen molar-refractivity contribution < 1.29 is 4.74 Å². The highest BCUT2D eigenvalue weighted by Crippen LogP contribution is 2.17. The van der Waals surface area contributed by atoms with Gasteiger partial charge in [-0.1, -0.05) is 43.3 Å². The van der Waals surface area contributed by atoms with Crippen molar-refractivity contribution in [3.63, 3.8) is 0 Å². The van der Waals surface area contributed by atoms with E-state index in [0.29, 0.717) is 19.0 Å². The molecular weight excluding hydrogens is 350 g/mol. The summed E-state index contributed by atoms with van der Waals surface area (Å²) in [4.78, 5) is 12.3. The second-order valence-corrected chi connectivity index (χ2v) is 6.45. The maximum absolute atomic E-state index is 12.3. The monoisotopic (exact) mass is 375 g/mol. The fourth-order valence-electron chi connectivity index (χ4n) is 2.92. The van der Waals surface area contributed by atoms with Gasteiger partial charge in [0.2, 0.25) is 0 Å². The first kappa shape index (κ1) is 19.4. The smallest absolute Gasteiger partial charge is 0.267 e. The number of hydrogen-bond acceptors (Lipinski definition) is 4. The minimum Gasteiger partial charge on any atom is -0.480 e. The van der Waals surface area contributed by atoms with Crippen LogP contribution in [0.1, 0.15) is 25.0 Å². The highest BCUT2D eigenvalue weighted by Gasteiger charge is 2.06. The van der Waals surface area contributed by atoms with Gasteiger partial charge in [-0.15, -0.1) is 0 Å². The lowest BCUT2D eigenvalue weighted by atomic mass is 10.1. The Bertz CT molecular complexity index is 1010. The first-order valence-electron chi connectivity index (χ1n) is 9.44. The van der Waals surface area contributed by atoms with E-state index in [9.17, 15) is 4.79 Å². The standard InChI is InChI=1S/C23H25N3O2/c1-4-18-9-11-20(12-10-18)22-13-14-23(27)26(25-22)16-19-7-6-8-21(15-19)24-17(3)28-5-2/h6-15,24H,3-5,16H2,1-2H3. The topological polar surface area (TPSA) is 56.2 Å². The minimum atomic E-state index is -0.133. The quantitative estimate of drug-likeness (QED) is 0.592. The average Bonchev–Trinajstić information content (AvgIpc) is 2.70. The van der Waals surface area contributed by atoms with E-state index < -0.39 is 0 Å². The Labute approximate surface area is 165 Å². The normalized spacial score (nSPS) is 10.5. The molecule has 0 aliphatic heterocycles. The Morgan fingerprint density at radius 2 is 1.86 bits per heavy atom. The lowest BCUT2D eigenvalue weighted by Crippen LogP contribution is -2.22.